The van der Waals surface area contributed by atoms with Gasteiger partial charge in [-0.1, -0.05) is 45.0 Å². The van der Waals surface area contributed by atoms with Crippen LogP contribution in [0.25, 0.3) is 22.6 Å². The summed E-state index contributed by atoms with van der Waals surface area (Å²) in [5.74, 6) is 0.559. The molecule has 0 spiro atoms. The molecule has 0 amide bonds. The molecule has 0 aliphatic rings. The van der Waals surface area contributed by atoms with Crippen LogP contribution in [0.15, 0.2) is 57.9 Å². The molecule has 0 aliphatic carbocycles. The van der Waals surface area contributed by atoms with Crippen molar-refractivity contribution in [1.82, 2.24) is 4.98 Å². The molecular weight excluding hydrogens is 300 g/mol. The first kappa shape index (κ1) is 15.8. The maximum atomic E-state index is 12.3. The van der Waals surface area contributed by atoms with Crippen molar-refractivity contribution in [1.29, 1.82) is 5.26 Å². The van der Waals surface area contributed by atoms with E-state index < -0.39 is 5.56 Å². The van der Waals surface area contributed by atoms with Crippen LogP contribution >= 0.6 is 0 Å². The average Bonchev–Trinajstić information content (AvgIpc) is 3.08. The number of hydrogen-bond donors (Lipinski definition) is 1. The van der Waals surface area contributed by atoms with Gasteiger partial charge in [0.1, 0.15) is 17.4 Å². The molecule has 1 aromatic carbocycles. The van der Waals surface area contributed by atoms with E-state index in [-0.39, 0.29) is 11.0 Å². The Hall–Kier alpha value is -3.06. The molecular formula is C20H18N2O2. The predicted octanol–water partition coefficient (Wildman–Crippen LogP) is 4.47. The van der Waals surface area contributed by atoms with Gasteiger partial charge >= 0.3 is 0 Å². The topological polar surface area (TPSA) is 69.8 Å². The van der Waals surface area contributed by atoms with E-state index in [1.165, 1.54) is 5.56 Å². The van der Waals surface area contributed by atoms with Gasteiger partial charge in [0.05, 0.1) is 12.0 Å². The van der Waals surface area contributed by atoms with Crippen LogP contribution < -0.4 is 5.56 Å². The van der Waals surface area contributed by atoms with Gasteiger partial charge in [-0.2, -0.15) is 5.26 Å². The van der Waals surface area contributed by atoms with Crippen molar-refractivity contribution < 1.29 is 4.42 Å². The summed E-state index contributed by atoms with van der Waals surface area (Å²) in [5, 5.41) is 9.37. The molecule has 0 fully saturated rings. The van der Waals surface area contributed by atoms with Crippen molar-refractivity contribution in [3.8, 4) is 28.7 Å². The van der Waals surface area contributed by atoms with Crippen molar-refractivity contribution in [2.45, 2.75) is 26.2 Å². The number of furan rings is 1. The molecule has 3 aromatic rings. The quantitative estimate of drug-likeness (QED) is 0.757. The Bertz CT molecular complexity index is 951. The van der Waals surface area contributed by atoms with Crippen LogP contribution in [0.4, 0.5) is 0 Å². The molecule has 0 saturated carbocycles. The maximum Gasteiger partial charge on any atom is 0.267 e. The highest BCUT2D eigenvalue weighted by Gasteiger charge is 2.16. The summed E-state index contributed by atoms with van der Waals surface area (Å²) in [6, 6.07) is 15.3. The van der Waals surface area contributed by atoms with Gasteiger partial charge < -0.3 is 9.40 Å². The number of benzene rings is 1. The molecule has 24 heavy (non-hydrogen) atoms. The number of nitrogens with one attached hydrogen (secondary N) is 1. The molecule has 0 saturated heterocycles. The number of hydrogen-bond acceptors (Lipinski definition) is 3. The summed E-state index contributed by atoms with van der Waals surface area (Å²) >= 11 is 0. The van der Waals surface area contributed by atoms with Crippen LogP contribution in [0.3, 0.4) is 0 Å². The molecule has 2 aromatic heterocycles. The second kappa shape index (κ2) is 5.86. The van der Waals surface area contributed by atoms with E-state index >= 15 is 0 Å². The molecule has 120 valence electrons. The molecule has 3 rings (SSSR count). The van der Waals surface area contributed by atoms with Gasteiger partial charge in [0.25, 0.3) is 5.56 Å². The molecule has 0 aliphatic heterocycles. The summed E-state index contributed by atoms with van der Waals surface area (Å²) in [5.41, 5.74) is 2.92. The number of nitrogens with zero attached hydrogens (tertiary/aromatic N) is 1. The third-order valence-electron chi connectivity index (χ3n) is 3.99. The van der Waals surface area contributed by atoms with Gasteiger partial charge in [-0.3, -0.25) is 4.79 Å². The van der Waals surface area contributed by atoms with Crippen LogP contribution in [-0.2, 0) is 5.41 Å². The minimum absolute atomic E-state index is 0.0457. The van der Waals surface area contributed by atoms with Crippen molar-refractivity contribution in [3.05, 3.63) is 70.2 Å². The Kier molecular flexibility index (Phi) is 3.86. The Morgan fingerprint density at radius 3 is 2.38 bits per heavy atom. The van der Waals surface area contributed by atoms with Crippen LogP contribution in [0.1, 0.15) is 31.9 Å². The average molecular weight is 318 g/mol. The van der Waals surface area contributed by atoms with Crippen LogP contribution in [-0.4, -0.2) is 4.98 Å². The number of rotatable bonds is 2. The maximum absolute atomic E-state index is 12.3. The number of H-pyrrole nitrogens is 1. The highest BCUT2D eigenvalue weighted by molar-refractivity contribution is 5.74. The zero-order valence-corrected chi connectivity index (χ0v) is 13.9. The summed E-state index contributed by atoms with van der Waals surface area (Å²) in [6.07, 6.45) is 1.55. The van der Waals surface area contributed by atoms with Gasteiger partial charge in [0.2, 0.25) is 0 Å². The van der Waals surface area contributed by atoms with E-state index in [4.69, 9.17) is 4.42 Å². The largest absolute Gasteiger partial charge is 0.463 e. The summed E-state index contributed by atoms with van der Waals surface area (Å²) in [7, 11) is 0. The summed E-state index contributed by atoms with van der Waals surface area (Å²) in [6.45, 7) is 6.43. The second-order valence-electron chi connectivity index (χ2n) is 6.72. The van der Waals surface area contributed by atoms with E-state index in [0.717, 1.165) is 5.56 Å². The monoisotopic (exact) mass is 318 g/mol. The van der Waals surface area contributed by atoms with E-state index in [2.05, 4.69) is 25.8 Å². The highest BCUT2D eigenvalue weighted by atomic mass is 16.3. The number of aromatic amines is 1. The predicted molar refractivity (Wildman–Crippen MR) is 93.6 cm³/mol. The van der Waals surface area contributed by atoms with E-state index in [1.807, 2.05) is 30.3 Å². The molecule has 2 heterocycles. The molecule has 0 radical (unpaired) electrons. The van der Waals surface area contributed by atoms with Crippen LogP contribution in [0, 0.1) is 11.3 Å². The zero-order chi connectivity index (χ0) is 17.3. The van der Waals surface area contributed by atoms with Crippen molar-refractivity contribution in [2.75, 3.05) is 0 Å². The van der Waals surface area contributed by atoms with E-state index in [9.17, 15) is 10.1 Å². The Balaban J connectivity index is 2.16. The third kappa shape index (κ3) is 2.89. The van der Waals surface area contributed by atoms with Gasteiger partial charge in [0, 0.05) is 5.56 Å². The molecule has 1 N–H and O–H groups in total. The normalized spacial score (nSPS) is 11.2. The van der Waals surface area contributed by atoms with Gasteiger partial charge in [0.15, 0.2) is 0 Å². The van der Waals surface area contributed by atoms with Crippen molar-refractivity contribution in [3.63, 3.8) is 0 Å². The lowest BCUT2D eigenvalue weighted by atomic mass is 9.86. The van der Waals surface area contributed by atoms with Gasteiger partial charge in [-0.15, -0.1) is 0 Å². The third-order valence-corrected chi connectivity index (χ3v) is 3.99. The number of nitriles is 1. The first-order valence-electron chi connectivity index (χ1n) is 7.72. The fourth-order valence-corrected chi connectivity index (χ4v) is 2.61. The van der Waals surface area contributed by atoms with Gasteiger partial charge in [-0.05, 0) is 34.7 Å². The lowest BCUT2D eigenvalue weighted by Crippen LogP contribution is -2.13. The van der Waals surface area contributed by atoms with Crippen molar-refractivity contribution >= 4 is 0 Å². The Morgan fingerprint density at radius 2 is 1.83 bits per heavy atom. The zero-order valence-electron chi connectivity index (χ0n) is 13.9. The first-order valence-corrected chi connectivity index (χ1v) is 7.72. The molecule has 0 bridgehead atoms. The Morgan fingerprint density at radius 1 is 1.12 bits per heavy atom. The lowest BCUT2D eigenvalue weighted by Gasteiger charge is -2.19. The standard InChI is InChI=1S/C20H18N2O2/c1-20(2,3)14-8-6-13(7-9-14)15-11-17(18-5-4-10-24-18)22-19(23)16(15)12-21/h4-11H,1-3H3,(H,22,23). The smallest absolute Gasteiger partial charge is 0.267 e. The summed E-state index contributed by atoms with van der Waals surface area (Å²) in [4.78, 5) is 15.0. The summed E-state index contributed by atoms with van der Waals surface area (Å²) < 4.78 is 5.35. The SMILES string of the molecule is CC(C)(C)c1ccc(-c2cc(-c3ccco3)[nH]c(=O)c2C#N)cc1. The molecule has 4 heteroatoms. The van der Waals surface area contributed by atoms with Gasteiger partial charge in [-0.25, -0.2) is 0 Å². The van der Waals surface area contributed by atoms with Crippen molar-refractivity contribution in [2.24, 2.45) is 0 Å². The second-order valence-corrected chi connectivity index (χ2v) is 6.72. The fraction of sp³-hybridized carbons (Fsp3) is 0.200. The van der Waals surface area contributed by atoms with Crippen LogP contribution in [0.5, 0.6) is 0 Å². The molecule has 0 atom stereocenters. The molecule has 0 unspecified atom stereocenters. The number of aromatic nitrogens is 1. The highest BCUT2D eigenvalue weighted by Crippen LogP contribution is 2.29. The Labute approximate surface area is 140 Å². The number of pyridine rings is 1. The minimum Gasteiger partial charge on any atom is -0.463 e. The fourth-order valence-electron chi connectivity index (χ4n) is 2.61. The first-order chi connectivity index (χ1) is 11.4. The van der Waals surface area contributed by atoms with E-state index in [1.54, 1.807) is 24.5 Å². The minimum atomic E-state index is -0.415. The van der Waals surface area contributed by atoms with Crippen LogP contribution in [0.2, 0.25) is 0 Å². The lowest BCUT2D eigenvalue weighted by molar-refractivity contribution is 0.580. The van der Waals surface area contributed by atoms with E-state index in [0.29, 0.717) is 17.0 Å². The molecule has 4 nitrogen and oxygen atoms in total.